The Morgan fingerprint density at radius 3 is 2.78 bits per heavy atom. The van der Waals surface area contributed by atoms with Crippen molar-refractivity contribution in [2.45, 2.75) is 32.2 Å². The number of benzene rings is 1. The highest BCUT2D eigenvalue weighted by molar-refractivity contribution is 5.98. The Kier molecular flexibility index (Phi) is 4.66. The summed E-state index contributed by atoms with van der Waals surface area (Å²) in [5.41, 5.74) is 1.29. The maximum absolute atomic E-state index is 12.4. The fraction of sp³-hybridized carbons (Fsp3) is 0.556. The number of rotatable bonds is 4. The summed E-state index contributed by atoms with van der Waals surface area (Å²) in [5.74, 6) is 0.597. The highest BCUT2D eigenvalue weighted by Gasteiger charge is 2.39. The first-order valence-electron chi connectivity index (χ1n) is 8.43. The summed E-state index contributed by atoms with van der Waals surface area (Å²) < 4.78 is 0. The van der Waals surface area contributed by atoms with Crippen LogP contribution in [-0.4, -0.2) is 42.9 Å². The number of anilines is 1. The molecule has 3 unspecified atom stereocenters. The van der Waals surface area contributed by atoms with Crippen LogP contribution in [0.15, 0.2) is 24.3 Å². The van der Waals surface area contributed by atoms with E-state index in [0.717, 1.165) is 32.4 Å². The molecule has 1 aliphatic carbocycles. The number of hydrogen-bond acceptors (Lipinski definition) is 3. The Bertz CT molecular complexity index is 602. The summed E-state index contributed by atoms with van der Waals surface area (Å²) in [6.07, 6.45) is 3.09. The predicted molar refractivity (Wildman–Crippen MR) is 90.3 cm³/mol. The van der Waals surface area contributed by atoms with E-state index in [4.69, 9.17) is 0 Å². The van der Waals surface area contributed by atoms with Crippen molar-refractivity contribution in [2.24, 2.45) is 11.8 Å². The summed E-state index contributed by atoms with van der Waals surface area (Å²) in [5, 5.41) is 6.01. The Morgan fingerprint density at radius 1 is 1.30 bits per heavy atom. The second-order valence-electron chi connectivity index (χ2n) is 6.96. The number of piperidine rings is 1. The SMILES string of the molecule is CC1CC1C(=O)Nc1cccc(C(=O)NC2CCCN(C)C2)c1. The molecule has 1 saturated heterocycles. The summed E-state index contributed by atoms with van der Waals surface area (Å²) in [6, 6.07) is 7.39. The second kappa shape index (κ2) is 6.71. The summed E-state index contributed by atoms with van der Waals surface area (Å²) >= 11 is 0. The van der Waals surface area contributed by atoms with Gasteiger partial charge >= 0.3 is 0 Å². The molecule has 1 heterocycles. The monoisotopic (exact) mass is 315 g/mol. The molecule has 1 aromatic rings. The zero-order valence-corrected chi connectivity index (χ0v) is 13.8. The van der Waals surface area contributed by atoms with Crippen molar-refractivity contribution in [3.05, 3.63) is 29.8 Å². The molecule has 124 valence electrons. The van der Waals surface area contributed by atoms with Gasteiger partial charge in [-0.05, 0) is 57.0 Å². The minimum Gasteiger partial charge on any atom is -0.348 e. The lowest BCUT2D eigenvalue weighted by Crippen LogP contribution is -2.46. The largest absolute Gasteiger partial charge is 0.348 e. The van der Waals surface area contributed by atoms with Gasteiger partial charge in [-0.25, -0.2) is 0 Å². The van der Waals surface area contributed by atoms with Gasteiger partial charge in [0.25, 0.3) is 5.91 Å². The molecule has 0 aromatic heterocycles. The fourth-order valence-electron chi connectivity index (χ4n) is 3.21. The van der Waals surface area contributed by atoms with Gasteiger partial charge in [0.1, 0.15) is 0 Å². The van der Waals surface area contributed by atoms with E-state index in [2.05, 4.69) is 29.5 Å². The molecule has 2 fully saturated rings. The van der Waals surface area contributed by atoms with Crippen LogP contribution in [0.5, 0.6) is 0 Å². The molecule has 2 aliphatic rings. The molecule has 1 aliphatic heterocycles. The lowest BCUT2D eigenvalue weighted by molar-refractivity contribution is -0.117. The number of carbonyl (C=O) groups excluding carboxylic acids is 2. The van der Waals surface area contributed by atoms with Crippen molar-refractivity contribution in [2.75, 3.05) is 25.5 Å². The molecule has 5 heteroatoms. The Hall–Kier alpha value is -1.88. The number of likely N-dealkylation sites (tertiary alicyclic amines) is 1. The van der Waals surface area contributed by atoms with Crippen LogP contribution >= 0.6 is 0 Å². The number of likely N-dealkylation sites (N-methyl/N-ethyl adjacent to an activating group) is 1. The molecule has 0 bridgehead atoms. The molecule has 3 atom stereocenters. The van der Waals surface area contributed by atoms with Crippen LogP contribution in [-0.2, 0) is 4.79 Å². The molecular formula is C18H25N3O2. The average Bonchev–Trinajstić information content (AvgIpc) is 3.25. The first kappa shape index (κ1) is 16.0. The molecule has 1 saturated carbocycles. The van der Waals surface area contributed by atoms with E-state index in [1.54, 1.807) is 12.1 Å². The average molecular weight is 315 g/mol. The third-order valence-electron chi connectivity index (χ3n) is 4.80. The number of hydrogen-bond donors (Lipinski definition) is 2. The van der Waals surface area contributed by atoms with Crippen LogP contribution in [0.4, 0.5) is 5.69 Å². The smallest absolute Gasteiger partial charge is 0.251 e. The Morgan fingerprint density at radius 2 is 2.09 bits per heavy atom. The maximum atomic E-state index is 12.4. The minimum atomic E-state index is -0.0683. The van der Waals surface area contributed by atoms with Crippen LogP contribution in [0.2, 0.25) is 0 Å². The van der Waals surface area contributed by atoms with Gasteiger partial charge in [-0.3, -0.25) is 9.59 Å². The highest BCUT2D eigenvalue weighted by atomic mass is 16.2. The van der Waals surface area contributed by atoms with Crippen LogP contribution in [0, 0.1) is 11.8 Å². The molecule has 0 radical (unpaired) electrons. The topological polar surface area (TPSA) is 61.4 Å². The zero-order chi connectivity index (χ0) is 16.4. The molecule has 2 amide bonds. The van der Waals surface area contributed by atoms with Gasteiger partial charge in [-0.2, -0.15) is 0 Å². The highest BCUT2D eigenvalue weighted by Crippen LogP contribution is 2.38. The fourth-order valence-corrected chi connectivity index (χ4v) is 3.21. The van der Waals surface area contributed by atoms with Gasteiger partial charge in [-0.15, -0.1) is 0 Å². The van der Waals surface area contributed by atoms with Crippen molar-refractivity contribution in [3.63, 3.8) is 0 Å². The zero-order valence-electron chi connectivity index (χ0n) is 13.8. The summed E-state index contributed by atoms with van der Waals surface area (Å²) in [6.45, 7) is 4.06. The first-order chi connectivity index (χ1) is 11.0. The van der Waals surface area contributed by atoms with Gasteiger partial charge < -0.3 is 15.5 Å². The quantitative estimate of drug-likeness (QED) is 0.894. The lowest BCUT2D eigenvalue weighted by atomic mass is 10.1. The number of carbonyl (C=O) groups is 2. The van der Waals surface area contributed by atoms with Crippen LogP contribution in [0.25, 0.3) is 0 Å². The molecule has 0 spiro atoms. The van der Waals surface area contributed by atoms with Crippen LogP contribution in [0.3, 0.4) is 0 Å². The number of amides is 2. The van der Waals surface area contributed by atoms with Crippen molar-refractivity contribution >= 4 is 17.5 Å². The van der Waals surface area contributed by atoms with Crippen molar-refractivity contribution < 1.29 is 9.59 Å². The molecular weight excluding hydrogens is 290 g/mol. The van der Waals surface area contributed by atoms with Gasteiger partial charge in [0.2, 0.25) is 5.91 Å². The van der Waals surface area contributed by atoms with Crippen LogP contribution in [0.1, 0.15) is 36.5 Å². The van der Waals surface area contributed by atoms with E-state index < -0.39 is 0 Å². The van der Waals surface area contributed by atoms with Crippen LogP contribution < -0.4 is 10.6 Å². The molecule has 23 heavy (non-hydrogen) atoms. The van der Waals surface area contributed by atoms with Crippen molar-refractivity contribution in [3.8, 4) is 0 Å². The number of nitrogens with one attached hydrogen (secondary N) is 2. The second-order valence-corrected chi connectivity index (χ2v) is 6.96. The Labute approximate surface area is 137 Å². The molecule has 5 nitrogen and oxygen atoms in total. The summed E-state index contributed by atoms with van der Waals surface area (Å²) in [4.78, 5) is 26.7. The summed E-state index contributed by atoms with van der Waals surface area (Å²) in [7, 11) is 2.08. The van der Waals surface area contributed by atoms with E-state index in [1.165, 1.54) is 0 Å². The standard InChI is InChI=1S/C18H25N3O2/c1-12-9-16(12)18(23)19-14-6-3-5-13(10-14)17(22)20-15-7-4-8-21(2)11-15/h3,5-6,10,12,15-16H,4,7-9,11H2,1-2H3,(H,19,23)(H,20,22). The van der Waals surface area contributed by atoms with Gasteiger partial charge in [0.05, 0.1) is 0 Å². The van der Waals surface area contributed by atoms with E-state index >= 15 is 0 Å². The maximum Gasteiger partial charge on any atom is 0.251 e. The van der Waals surface area contributed by atoms with Crippen molar-refractivity contribution in [1.82, 2.24) is 10.2 Å². The van der Waals surface area contributed by atoms with Gasteiger partial charge in [0, 0.05) is 29.8 Å². The third-order valence-corrected chi connectivity index (χ3v) is 4.80. The first-order valence-corrected chi connectivity index (χ1v) is 8.43. The molecule has 2 N–H and O–H groups in total. The van der Waals surface area contributed by atoms with E-state index in [0.29, 0.717) is 17.2 Å². The molecule has 3 rings (SSSR count). The normalized spacial score (nSPS) is 27.3. The van der Waals surface area contributed by atoms with E-state index in [1.807, 2.05) is 12.1 Å². The predicted octanol–water partition coefficient (Wildman–Crippen LogP) is 2.11. The van der Waals surface area contributed by atoms with Gasteiger partial charge in [-0.1, -0.05) is 13.0 Å². The van der Waals surface area contributed by atoms with Crippen molar-refractivity contribution in [1.29, 1.82) is 0 Å². The Balaban J connectivity index is 1.59. The molecule has 1 aromatic carbocycles. The minimum absolute atomic E-state index is 0.0592. The van der Waals surface area contributed by atoms with E-state index in [9.17, 15) is 9.59 Å². The number of nitrogens with zero attached hydrogens (tertiary/aromatic N) is 1. The van der Waals surface area contributed by atoms with E-state index in [-0.39, 0.29) is 23.8 Å². The lowest BCUT2D eigenvalue weighted by Gasteiger charge is -2.30. The third kappa shape index (κ3) is 4.10. The van der Waals surface area contributed by atoms with Gasteiger partial charge in [0.15, 0.2) is 0 Å².